The molecule has 3 nitrogen and oxygen atoms in total. The van der Waals surface area contributed by atoms with Crippen molar-refractivity contribution in [3.8, 4) is 0 Å². The monoisotopic (exact) mass is 295 g/mol. The molecule has 1 amide bonds. The van der Waals surface area contributed by atoms with E-state index in [2.05, 4.69) is 5.32 Å². The normalized spacial score (nSPS) is 13.1. The van der Waals surface area contributed by atoms with Crippen molar-refractivity contribution >= 4 is 17.5 Å². The topological polar surface area (TPSA) is 38.3 Å². The van der Waals surface area contributed by atoms with Gasteiger partial charge in [0.2, 0.25) is 0 Å². The lowest BCUT2D eigenvalue weighted by Crippen LogP contribution is -2.40. The molecule has 106 valence electrons. The Morgan fingerprint density at radius 1 is 1.42 bits per heavy atom. The van der Waals surface area contributed by atoms with Gasteiger partial charge in [-0.15, -0.1) is 11.6 Å². The van der Waals surface area contributed by atoms with E-state index >= 15 is 0 Å². The Balaban J connectivity index is 2.94. The molecule has 0 aliphatic heterocycles. The highest BCUT2D eigenvalue weighted by atomic mass is 35.5. The van der Waals surface area contributed by atoms with Crippen molar-refractivity contribution < 1.29 is 22.7 Å². The Morgan fingerprint density at radius 2 is 2.05 bits per heavy atom. The van der Waals surface area contributed by atoms with Gasteiger partial charge in [0.05, 0.1) is 23.8 Å². The second-order valence-electron chi connectivity index (χ2n) is 3.82. The van der Waals surface area contributed by atoms with Crippen LogP contribution in [-0.2, 0) is 10.9 Å². The predicted octanol–water partition coefficient (Wildman–Crippen LogP) is 2.69. The Hall–Kier alpha value is -1.27. The van der Waals surface area contributed by atoms with Crippen LogP contribution in [0.15, 0.2) is 24.3 Å². The molecule has 19 heavy (non-hydrogen) atoms. The van der Waals surface area contributed by atoms with Crippen molar-refractivity contribution in [1.82, 2.24) is 5.32 Å². The highest BCUT2D eigenvalue weighted by Crippen LogP contribution is 2.31. The largest absolute Gasteiger partial charge is 0.417 e. The maximum absolute atomic E-state index is 12.7. The lowest BCUT2D eigenvalue weighted by molar-refractivity contribution is -0.137. The number of alkyl halides is 4. The van der Waals surface area contributed by atoms with E-state index < -0.39 is 29.3 Å². The average Bonchev–Trinajstić information content (AvgIpc) is 2.37. The molecule has 0 heterocycles. The highest BCUT2D eigenvalue weighted by Gasteiger charge is 2.35. The molecule has 0 saturated carbocycles. The first-order valence-corrected chi connectivity index (χ1v) is 5.95. The number of hydrogen-bond acceptors (Lipinski definition) is 2. The van der Waals surface area contributed by atoms with Crippen LogP contribution >= 0.6 is 11.6 Å². The van der Waals surface area contributed by atoms with Crippen LogP contribution in [0, 0.1) is 0 Å². The van der Waals surface area contributed by atoms with Crippen LogP contribution in [-0.4, -0.2) is 31.5 Å². The molecule has 0 radical (unpaired) electrons. The maximum Gasteiger partial charge on any atom is 0.417 e. The molecular weight excluding hydrogens is 283 g/mol. The fourth-order valence-electron chi connectivity index (χ4n) is 1.52. The average molecular weight is 296 g/mol. The summed E-state index contributed by atoms with van der Waals surface area (Å²) < 4.78 is 43.0. The fourth-order valence-corrected chi connectivity index (χ4v) is 1.68. The molecule has 0 aliphatic rings. The van der Waals surface area contributed by atoms with Gasteiger partial charge in [0.1, 0.15) is 0 Å². The number of hydrogen-bond donors (Lipinski definition) is 1. The van der Waals surface area contributed by atoms with Crippen molar-refractivity contribution in [3.63, 3.8) is 0 Å². The van der Waals surface area contributed by atoms with E-state index in [4.69, 9.17) is 16.3 Å². The minimum atomic E-state index is -4.58. The predicted molar refractivity (Wildman–Crippen MR) is 65.3 cm³/mol. The Kier molecular flexibility index (Phi) is 5.62. The molecule has 0 fully saturated rings. The first kappa shape index (κ1) is 15.8. The summed E-state index contributed by atoms with van der Waals surface area (Å²) in [6.45, 7) is 0.128. The van der Waals surface area contributed by atoms with E-state index in [0.717, 1.165) is 12.1 Å². The van der Waals surface area contributed by atoms with Gasteiger partial charge in [-0.3, -0.25) is 4.79 Å². The first-order valence-electron chi connectivity index (χ1n) is 5.42. The van der Waals surface area contributed by atoms with Gasteiger partial charge in [-0.2, -0.15) is 13.2 Å². The van der Waals surface area contributed by atoms with Crippen LogP contribution in [0.1, 0.15) is 15.9 Å². The van der Waals surface area contributed by atoms with Crippen LogP contribution in [0.4, 0.5) is 13.2 Å². The molecule has 1 unspecified atom stereocenters. The third-order valence-electron chi connectivity index (χ3n) is 2.37. The van der Waals surface area contributed by atoms with Gasteiger partial charge in [-0.1, -0.05) is 12.1 Å². The van der Waals surface area contributed by atoms with Crippen molar-refractivity contribution in [3.05, 3.63) is 35.4 Å². The summed E-state index contributed by atoms with van der Waals surface area (Å²) in [6, 6.07) is 4.04. The zero-order valence-electron chi connectivity index (χ0n) is 10.1. The molecule has 1 aromatic rings. The molecule has 1 aromatic carbocycles. The zero-order valence-corrected chi connectivity index (χ0v) is 10.9. The molecule has 1 atom stereocenters. The number of ether oxygens (including phenoxy) is 1. The summed E-state index contributed by atoms with van der Waals surface area (Å²) in [5, 5.41) is 2.40. The molecule has 7 heteroatoms. The molecule has 0 aliphatic carbocycles. The van der Waals surface area contributed by atoms with Crippen molar-refractivity contribution in [2.45, 2.75) is 12.2 Å². The molecule has 0 bridgehead atoms. The summed E-state index contributed by atoms with van der Waals surface area (Å²) >= 11 is 5.59. The van der Waals surface area contributed by atoms with E-state index in [-0.39, 0.29) is 12.5 Å². The Labute approximate surface area is 113 Å². The smallest absolute Gasteiger partial charge is 0.383 e. The van der Waals surface area contributed by atoms with Crippen LogP contribution in [0.25, 0.3) is 0 Å². The third-order valence-corrected chi connectivity index (χ3v) is 2.74. The summed E-state index contributed by atoms with van der Waals surface area (Å²) in [4.78, 5) is 11.8. The van der Waals surface area contributed by atoms with E-state index in [1.165, 1.54) is 19.2 Å². The summed E-state index contributed by atoms with van der Waals surface area (Å²) in [5.74, 6) is -0.774. The molecule has 1 rings (SSSR count). The Bertz CT molecular complexity index is 437. The van der Waals surface area contributed by atoms with Gasteiger partial charge < -0.3 is 10.1 Å². The van der Waals surface area contributed by atoms with Crippen LogP contribution < -0.4 is 5.32 Å². The summed E-state index contributed by atoms with van der Waals surface area (Å²) in [7, 11) is 1.41. The third kappa shape index (κ3) is 4.40. The van der Waals surface area contributed by atoms with Gasteiger partial charge >= 0.3 is 6.18 Å². The number of halogens is 4. The van der Waals surface area contributed by atoms with Crippen molar-refractivity contribution in [1.29, 1.82) is 0 Å². The number of carbonyl (C=O) groups is 1. The lowest BCUT2D eigenvalue weighted by Gasteiger charge is -2.17. The van der Waals surface area contributed by atoms with Gasteiger partial charge in [0.15, 0.2) is 0 Å². The minimum absolute atomic E-state index is 0.0494. The maximum atomic E-state index is 12.7. The molecule has 0 saturated heterocycles. The number of rotatable bonds is 5. The van der Waals surface area contributed by atoms with E-state index in [0.29, 0.717) is 0 Å². The van der Waals surface area contributed by atoms with Gasteiger partial charge in [-0.25, -0.2) is 0 Å². The number of methoxy groups -OCH3 is 1. The second-order valence-corrected chi connectivity index (χ2v) is 4.13. The number of nitrogens with one attached hydrogen (secondary N) is 1. The molecule has 0 spiro atoms. The van der Waals surface area contributed by atoms with Crippen LogP contribution in [0.5, 0.6) is 0 Å². The molecule has 1 N–H and O–H groups in total. The van der Waals surface area contributed by atoms with Crippen LogP contribution in [0.2, 0.25) is 0 Å². The fraction of sp³-hybridized carbons (Fsp3) is 0.417. The Morgan fingerprint density at radius 3 is 2.58 bits per heavy atom. The quantitative estimate of drug-likeness (QED) is 0.848. The van der Waals surface area contributed by atoms with Gasteiger partial charge in [0, 0.05) is 13.0 Å². The zero-order chi connectivity index (χ0) is 14.5. The standard InChI is InChI=1S/C12H13ClF3NO2/c1-19-7-8(6-13)17-11(18)9-4-2-3-5-10(9)12(14,15)16/h2-5,8H,6-7H2,1H3,(H,17,18). The van der Waals surface area contributed by atoms with E-state index in [1.54, 1.807) is 0 Å². The van der Waals surface area contributed by atoms with E-state index in [9.17, 15) is 18.0 Å². The first-order chi connectivity index (χ1) is 8.90. The molecular formula is C12H13ClF3NO2. The van der Waals surface area contributed by atoms with Crippen LogP contribution in [0.3, 0.4) is 0 Å². The van der Waals surface area contributed by atoms with Gasteiger partial charge in [0.25, 0.3) is 5.91 Å². The SMILES string of the molecule is COCC(CCl)NC(=O)c1ccccc1C(F)(F)F. The summed E-state index contributed by atoms with van der Waals surface area (Å²) in [6.07, 6.45) is -4.58. The van der Waals surface area contributed by atoms with Crippen molar-refractivity contribution in [2.75, 3.05) is 19.6 Å². The number of benzene rings is 1. The number of amides is 1. The number of carbonyl (C=O) groups excluding carboxylic acids is 1. The molecule has 0 aromatic heterocycles. The van der Waals surface area contributed by atoms with E-state index in [1.807, 2.05) is 0 Å². The highest BCUT2D eigenvalue weighted by molar-refractivity contribution is 6.18. The lowest BCUT2D eigenvalue weighted by atomic mass is 10.1. The van der Waals surface area contributed by atoms with Crippen molar-refractivity contribution in [2.24, 2.45) is 0 Å². The summed E-state index contributed by atoms with van der Waals surface area (Å²) in [5.41, 5.74) is -1.40. The minimum Gasteiger partial charge on any atom is -0.383 e. The van der Waals surface area contributed by atoms with Gasteiger partial charge in [-0.05, 0) is 12.1 Å². The second kappa shape index (κ2) is 6.77.